The van der Waals surface area contributed by atoms with Crippen LogP contribution in [0.1, 0.15) is 37.1 Å². The Morgan fingerprint density at radius 3 is 1.00 bits per heavy atom. The average molecular weight is 472 g/mol. The maximum atomic E-state index is 10.8. The standard InChI is InChI=1S/2CH4FI.CHFS.5CH4/c2*1-3-2;2-1-3;;;;;/h2*3H,1H3;1H;5*1H4/i2*3T;;;;;;. The molecule has 0 saturated carbocycles. The van der Waals surface area contributed by atoms with Crippen molar-refractivity contribution in [3.05, 3.63) is 0 Å². The summed E-state index contributed by atoms with van der Waals surface area (Å²) < 4.78 is 43.8. The number of rotatable bonds is 0. The summed E-state index contributed by atoms with van der Waals surface area (Å²) in [5.74, 6) is 0. The number of hydrogen-bond donors (Lipinski definition) is 0. The molecule has 0 aliphatic rings. The molecular weight excluding hydrogens is 439 g/mol. The van der Waals surface area contributed by atoms with Crippen LogP contribution in [0, 0.1) is 0 Å². The van der Waals surface area contributed by atoms with Crippen molar-refractivity contribution in [1.82, 2.24) is 0 Å². The van der Waals surface area contributed by atoms with Crippen LogP contribution < -0.4 is 0 Å². The summed E-state index contributed by atoms with van der Waals surface area (Å²) in [6.07, 6.45) is 0. The minimum absolute atomic E-state index is 0. The van der Waals surface area contributed by atoms with E-state index in [1.165, 1.54) is 9.86 Å². The topological polar surface area (TPSA) is 0 Å². The molecule has 0 nitrogen and oxygen atoms in total. The predicted molar refractivity (Wildman–Crippen MR) is 93.3 cm³/mol. The second kappa shape index (κ2) is 135. The third-order valence-corrected chi connectivity index (χ3v) is 0. The van der Waals surface area contributed by atoms with Gasteiger partial charge in [-0.3, -0.25) is 0 Å². The molecule has 0 aromatic heterocycles. The molecule has 0 saturated heterocycles. The molecule has 0 radical (unpaired) electrons. The van der Waals surface area contributed by atoms with Crippen molar-refractivity contribution >= 4 is 61.0 Å². The molecule has 102 valence electrons. The first kappa shape index (κ1) is 36.2. The van der Waals surface area contributed by atoms with E-state index in [0.717, 1.165) is 0 Å². The van der Waals surface area contributed by atoms with Gasteiger partial charge in [0.05, 0.1) is 0 Å². The molecule has 0 unspecified atom stereocenters. The monoisotopic (exact) mass is 472 g/mol. The van der Waals surface area contributed by atoms with Gasteiger partial charge in [0.15, 0.2) is 0 Å². The Balaban J connectivity index is -0.00000000872. The molecule has 0 amide bonds. The summed E-state index contributed by atoms with van der Waals surface area (Å²) in [7, 11) is 0. The average Bonchev–Trinajstić information content (AvgIpc) is 1.60. The van der Waals surface area contributed by atoms with Crippen molar-refractivity contribution in [2.75, 3.05) is 9.86 Å². The second-order valence-electron chi connectivity index (χ2n) is 0.375. The van der Waals surface area contributed by atoms with Crippen molar-refractivity contribution in [3.8, 4) is 0 Å². The van der Waals surface area contributed by atoms with Crippen molar-refractivity contribution < 1.29 is 10.1 Å². The van der Waals surface area contributed by atoms with Gasteiger partial charge in [0.2, 0.25) is 0 Å². The Hall–Kier alpha value is 1.34. The van der Waals surface area contributed by atoms with Gasteiger partial charge in [0, 0.05) is 0 Å². The zero-order chi connectivity index (χ0) is 9.86. The van der Waals surface area contributed by atoms with Gasteiger partial charge in [-0.15, -0.1) is 0 Å². The van der Waals surface area contributed by atoms with E-state index in [1.54, 1.807) is 0 Å². The van der Waals surface area contributed by atoms with E-state index in [4.69, 9.17) is 1.19 Å². The Kier molecular flexibility index (Phi) is 350. The molecule has 0 aromatic carbocycles. The third-order valence-electron chi connectivity index (χ3n) is 0. The first-order valence-electron chi connectivity index (χ1n) is 2.25. The summed E-state index contributed by atoms with van der Waals surface area (Å²) >= 11 is -1.42. The van der Waals surface area contributed by atoms with E-state index in [2.05, 4.69) is 12.2 Å². The maximum absolute atomic E-state index is 10.8. The first-order valence-corrected chi connectivity index (χ1v) is 7.91. The van der Waals surface area contributed by atoms with Crippen LogP contribution in [-0.2, 0) is 0 Å². The Labute approximate surface area is 118 Å². The van der Waals surface area contributed by atoms with Gasteiger partial charge >= 0.3 is 59.9 Å². The zero-order valence-corrected chi connectivity index (χ0v) is 10.0. The summed E-state index contributed by atoms with van der Waals surface area (Å²) in [5.41, 5.74) is 0.0833. The normalized spacial score (nSPS) is 7.50. The van der Waals surface area contributed by atoms with E-state index >= 15 is 0 Å². The van der Waals surface area contributed by atoms with Crippen LogP contribution in [0.15, 0.2) is 0 Å². The van der Waals surface area contributed by atoms with E-state index in [1.807, 2.05) is 0 Å². The first-order chi connectivity index (χ1) is 4.88. The fourth-order valence-corrected chi connectivity index (χ4v) is 0. The van der Waals surface area contributed by atoms with E-state index in [9.17, 15) is 10.1 Å². The van der Waals surface area contributed by atoms with Gasteiger partial charge in [-0.2, -0.15) is 0 Å². The van der Waals surface area contributed by atoms with Gasteiger partial charge in [0.25, 0.3) is 0 Å². The van der Waals surface area contributed by atoms with Crippen molar-refractivity contribution in [1.29, 1.82) is 1.19 Å². The number of hydrogen-bond acceptors (Lipinski definition) is 1. The number of alkyl halides is 2. The number of thiocarbonyl (C=S) groups is 1. The summed E-state index contributed by atoms with van der Waals surface area (Å²) in [6.45, 7) is 0. The third kappa shape index (κ3) is 1130. The summed E-state index contributed by atoms with van der Waals surface area (Å²) in [4.78, 5) is 2.65. The predicted octanol–water partition coefficient (Wildman–Crippen LogP) is 6.50. The van der Waals surface area contributed by atoms with Gasteiger partial charge in [-0.05, 0) is 0 Å². The van der Waals surface area contributed by atoms with E-state index in [-0.39, 0.29) is 42.8 Å². The molecule has 0 heterocycles. The fraction of sp³-hybridized carbons (Fsp3) is 0.875. The van der Waals surface area contributed by atoms with Crippen LogP contribution in [0.4, 0.5) is 10.1 Å². The van der Waals surface area contributed by atoms with Crippen LogP contribution in [0.3, 0.4) is 0 Å². The molecule has 0 spiro atoms. The fourth-order valence-electron chi connectivity index (χ4n) is 0. The Bertz CT molecular complexity index is 70.8. The van der Waals surface area contributed by atoms with E-state index in [0.29, 0.717) is 0 Å². The molecule has 0 aromatic rings. The SMILES string of the molecule is C.C.C.C.C.FC=S.[3H]I(C)F.[3H]I(C)F. The summed E-state index contributed by atoms with van der Waals surface area (Å²) in [5, 5.41) is 0. The molecule has 0 aliphatic heterocycles. The molecule has 0 fully saturated rings. The van der Waals surface area contributed by atoms with E-state index < -0.39 is 43.2 Å². The van der Waals surface area contributed by atoms with Crippen LogP contribution in [-0.4, -0.2) is 16.7 Å². The second-order valence-corrected chi connectivity index (χ2v) is 2.18. The van der Waals surface area contributed by atoms with Gasteiger partial charge < -0.3 is 0 Å². The summed E-state index contributed by atoms with van der Waals surface area (Å²) in [6, 6.07) is 0. The van der Waals surface area contributed by atoms with Crippen LogP contribution in [0.5, 0.6) is 0 Å². The van der Waals surface area contributed by atoms with Crippen molar-refractivity contribution in [3.63, 3.8) is 0 Å². The quantitative estimate of drug-likeness (QED) is 0.168. The van der Waals surface area contributed by atoms with Crippen LogP contribution in [0.25, 0.3) is 0 Å². The minimum atomic E-state index is -2.51. The molecule has 0 rings (SSSR count). The molecular formula is C8H29F3I2S. The molecule has 0 N–H and O–H groups in total. The number of halogens is 5. The Morgan fingerprint density at radius 1 is 1.00 bits per heavy atom. The van der Waals surface area contributed by atoms with Crippen LogP contribution >= 0.6 is 55.4 Å². The van der Waals surface area contributed by atoms with Crippen LogP contribution in [0.2, 0.25) is 0 Å². The molecule has 6 heteroatoms. The van der Waals surface area contributed by atoms with Crippen molar-refractivity contribution in [2.24, 2.45) is 0 Å². The van der Waals surface area contributed by atoms with Gasteiger partial charge in [-0.25, -0.2) is 4.39 Å². The zero-order valence-electron chi connectivity index (χ0n) is 6.88. The Morgan fingerprint density at radius 2 is 1.00 bits per heavy atom. The molecule has 0 bridgehead atoms. The molecule has 0 atom stereocenters. The van der Waals surface area contributed by atoms with Gasteiger partial charge in [0.1, 0.15) is 5.62 Å². The molecule has 0 aliphatic carbocycles. The van der Waals surface area contributed by atoms with Gasteiger partial charge in [-0.1, -0.05) is 49.4 Å². The van der Waals surface area contributed by atoms with Crippen molar-refractivity contribution in [2.45, 2.75) is 37.1 Å². The molecule has 14 heavy (non-hydrogen) atoms.